The molecule has 5 nitrogen and oxygen atoms in total. The molecule has 0 aliphatic rings. The van der Waals surface area contributed by atoms with Crippen LogP contribution in [-0.2, 0) is 4.79 Å². The molecule has 116 valence electrons. The van der Waals surface area contributed by atoms with Gasteiger partial charge in [-0.1, -0.05) is 30.3 Å². The van der Waals surface area contributed by atoms with Crippen molar-refractivity contribution < 1.29 is 9.53 Å². The normalized spacial score (nSPS) is 11.4. The Hall–Kier alpha value is -3.08. The summed E-state index contributed by atoms with van der Waals surface area (Å²) in [6.07, 6.45) is 1.80. The molecule has 0 aliphatic carbocycles. The molecule has 0 bridgehead atoms. The van der Waals surface area contributed by atoms with E-state index in [2.05, 4.69) is 15.5 Å². The molecule has 3 aromatic rings. The molecule has 0 spiro atoms. The van der Waals surface area contributed by atoms with Gasteiger partial charge in [0.05, 0.1) is 11.4 Å². The number of benzene rings is 2. The first-order valence-corrected chi connectivity index (χ1v) is 7.31. The van der Waals surface area contributed by atoms with Gasteiger partial charge in [0.15, 0.2) is 6.61 Å². The molecule has 0 saturated heterocycles. The molecular weight excluding hydrogens is 290 g/mol. The lowest BCUT2D eigenvalue weighted by Crippen LogP contribution is -2.25. The third-order valence-electron chi connectivity index (χ3n) is 3.43. The molecule has 0 unspecified atom stereocenters. The predicted octanol–water partition coefficient (Wildman–Crippen LogP) is 3.09. The van der Waals surface area contributed by atoms with E-state index in [4.69, 9.17) is 4.74 Å². The van der Waals surface area contributed by atoms with Crippen molar-refractivity contribution in [1.82, 2.24) is 10.4 Å². The fourth-order valence-corrected chi connectivity index (χ4v) is 2.20. The average molecular weight is 307 g/mol. The van der Waals surface area contributed by atoms with E-state index in [-0.39, 0.29) is 12.5 Å². The third kappa shape index (κ3) is 3.77. The number of hydrogen-bond donors (Lipinski definition) is 2. The highest BCUT2D eigenvalue weighted by Gasteiger charge is 2.04. The van der Waals surface area contributed by atoms with Gasteiger partial charge in [-0.25, -0.2) is 5.43 Å². The van der Waals surface area contributed by atoms with E-state index in [9.17, 15) is 4.79 Å². The highest BCUT2D eigenvalue weighted by atomic mass is 16.5. The van der Waals surface area contributed by atoms with E-state index in [1.165, 1.54) is 0 Å². The van der Waals surface area contributed by atoms with Crippen molar-refractivity contribution in [2.45, 2.75) is 6.92 Å². The van der Waals surface area contributed by atoms with Crippen molar-refractivity contribution in [3.05, 3.63) is 66.5 Å². The zero-order chi connectivity index (χ0) is 16.1. The highest BCUT2D eigenvalue weighted by Crippen LogP contribution is 2.20. The summed E-state index contributed by atoms with van der Waals surface area (Å²) in [6, 6.07) is 17.5. The number of aromatic amines is 1. The largest absolute Gasteiger partial charge is 0.484 e. The molecule has 5 heteroatoms. The number of rotatable bonds is 5. The molecule has 23 heavy (non-hydrogen) atoms. The zero-order valence-corrected chi connectivity index (χ0v) is 12.7. The van der Waals surface area contributed by atoms with Crippen LogP contribution in [0.5, 0.6) is 5.75 Å². The molecule has 2 N–H and O–H groups in total. The maximum Gasteiger partial charge on any atom is 0.277 e. The summed E-state index contributed by atoms with van der Waals surface area (Å²) in [6.45, 7) is 1.73. The molecule has 0 fully saturated rings. The van der Waals surface area contributed by atoms with Crippen LogP contribution in [0.2, 0.25) is 0 Å². The minimum absolute atomic E-state index is 0.0835. The van der Waals surface area contributed by atoms with E-state index < -0.39 is 0 Å². The Morgan fingerprint density at radius 1 is 1.13 bits per heavy atom. The van der Waals surface area contributed by atoms with Crippen LogP contribution in [0.3, 0.4) is 0 Å². The summed E-state index contributed by atoms with van der Waals surface area (Å²) in [7, 11) is 0. The highest BCUT2D eigenvalue weighted by molar-refractivity contribution is 5.97. The first-order chi connectivity index (χ1) is 11.2. The number of nitrogens with one attached hydrogen (secondary N) is 2. The lowest BCUT2D eigenvalue weighted by atomic mass is 10.1. The molecule has 3 rings (SSSR count). The molecule has 0 atom stereocenters. The second-order valence-corrected chi connectivity index (χ2v) is 5.11. The van der Waals surface area contributed by atoms with Crippen molar-refractivity contribution in [3.8, 4) is 5.75 Å². The van der Waals surface area contributed by atoms with E-state index in [1.807, 2.05) is 61.5 Å². The van der Waals surface area contributed by atoms with Gasteiger partial charge in [-0.3, -0.25) is 4.79 Å². The molecular formula is C18H17N3O2. The van der Waals surface area contributed by atoms with Gasteiger partial charge >= 0.3 is 0 Å². The Morgan fingerprint density at radius 2 is 1.96 bits per heavy atom. The van der Waals surface area contributed by atoms with Gasteiger partial charge in [0.1, 0.15) is 5.75 Å². The Kier molecular flexibility index (Phi) is 4.38. The summed E-state index contributed by atoms with van der Waals surface area (Å²) in [5.74, 6) is 0.355. The van der Waals surface area contributed by atoms with Crippen LogP contribution in [0.25, 0.3) is 10.8 Å². The fourth-order valence-electron chi connectivity index (χ4n) is 2.20. The summed E-state index contributed by atoms with van der Waals surface area (Å²) in [5, 5.41) is 6.24. The van der Waals surface area contributed by atoms with Gasteiger partial charge in [0.2, 0.25) is 0 Å². The topological polar surface area (TPSA) is 66.5 Å². The Labute approximate surface area is 134 Å². The second kappa shape index (κ2) is 6.79. The molecule has 2 aromatic carbocycles. The predicted molar refractivity (Wildman–Crippen MR) is 90.6 cm³/mol. The van der Waals surface area contributed by atoms with Crippen LogP contribution in [-0.4, -0.2) is 23.2 Å². The van der Waals surface area contributed by atoms with Gasteiger partial charge in [0, 0.05) is 6.20 Å². The van der Waals surface area contributed by atoms with Crippen LogP contribution in [0.1, 0.15) is 12.6 Å². The van der Waals surface area contributed by atoms with Gasteiger partial charge in [0.25, 0.3) is 5.91 Å². The minimum Gasteiger partial charge on any atom is -0.484 e. The average Bonchev–Trinajstić information content (AvgIpc) is 3.12. The van der Waals surface area contributed by atoms with Crippen molar-refractivity contribution in [3.63, 3.8) is 0 Å². The first kappa shape index (κ1) is 14.8. The van der Waals surface area contributed by atoms with Gasteiger partial charge in [-0.15, -0.1) is 0 Å². The lowest BCUT2D eigenvalue weighted by molar-refractivity contribution is -0.123. The summed E-state index contributed by atoms with van der Waals surface area (Å²) in [5.41, 5.74) is 4.05. The summed E-state index contributed by atoms with van der Waals surface area (Å²) in [4.78, 5) is 14.8. The van der Waals surface area contributed by atoms with Gasteiger partial charge < -0.3 is 9.72 Å². The van der Waals surface area contributed by atoms with Crippen molar-refractivity contribution in [2.24, 2.45) is 5.10 Å². The number of hydrazone groups is 1. The molecule has 1 heterocycles. The quantitative estimate of drug-likeness (QED) is 0.562. The van der Waals surface area contributed by atoms with Crippen LogP contribution in [0, 0.1) is 0 Å². The van der Waals surface area contributed by atoms with Gasteiger partial charge in [-0.05, 0) is 42.0 Å². The zero-order valence-electron chi connectivity index (χ0n) is 12.7. The van der Waals surface area contributed by atoms with Gasteiger partial charge in [-0.2, -0.15) is 5.10 Å². The number of aromatic nitrogens is 1. The summed E-state index contributed by atoms with van der Waals surface area (Å²) < 4.78 is 5.51. The second-order valence-electron chi connectivity index (χ2n) is 5.11. The summed E-state index contributed by atoms with van der Waals surface area (Å²) >= 11 is 0. The van der Waals surface area contributed by atoms with E-state index in [0.29, 0.717) is 11.5 Å². The molecule has 0 saturated carbocycles. The molecule has 1 amide bonds. The van der Waals surface area contributed by atoms with Crippen molar-refractivity contribution in [1.29, 1.82) is 0 Å². The Balaban J connectivity index is 1.56. The Morgan fingerprint density at radius 3 is 2.74 bits per heavy atom. The molecule has 1 aromatic heterocycles. The number of ether oxygens (including phenoxy) is 1. The third-order valence-corrected chi connectivity index (χ3v) is 3.43. The molecule has 0 aliphatic heterocycles. The Bertz CT molecular complexity index is 838. The number of hydrogen-bond acceptors (Lipinski definition) is 3. The van der Waals surface area contributed by atoms with Crippen LogP contribution < -0.4 is 10.2 Å². The maximum atomic E-state index is 11.8. The lowest BCUT2D eigenvalue weighted by Gasteiger charge is -2.06. The van der Waals surface area contributed by atoms with E-state index in [1.54, 1.807) is 6.20 Å². The number of H-pyrrole nitrogens is 1. The molecule has 0 radical (unpaired) electrons. The van der Waals surface area contributed by atoms with E-state index >= 15 is 0 Å². The number of nitrogens with zero attached hydrogens (tertiary/aromatic N) is 1. The number of fused-ring (bicyclic) bond motifs is 1. The standard InChI is InChI=1S/C18H17N3O2/c1-13(17-7-4-10-19-17)20-21-18(22)12-23-16-9-8-14-5-2-3-6-15(14)11-16/h2-11,19H,12H2,1H3,(H,21,22)/b20-13+. The maximum absolute atomic E-state index is 11.8. The van der Waals surface area contributed by atoms with Crippen LogP contribution in [0.15, 0.2) is 65.9 Å². The van der Waals surface area contributed by atoms with Crippen molar-refractivity contribution >= 4 is 22.4 Å². The first-order valence-electron chi connectivity index (χ1n) is 7.31. The van der Waals surface area contributed by atoms with Crippen molar-refractivity contribution in [2.75, 3.05) is 6.61 Å². The fraction of sp³-hybridized carbons (Fsp3) is 0.111. The van der Waals surface area contributed by atoms with Crippen LogP contribution >= 0.6 is 0 Å². The monoisotopic (exact) mass is 307 g/mol. The van der Waals surface area contributed by atoms with Crippen LogP contribution in [0.4, 0.5) is 0 Å². The number of amides is 1. The number of carbonyl (C=O) groups is 1. The smallest absolute Gasteiger partial charge is 0.277 e. The minimum atomic E-state index is -0.302. The van der Waals surface area contributed by atoms with E-state index in [0.717, 1.165) is 16.5 Å². The SMILES string of the molecule is C/C(=N\NC(=O)COc1ccc2ccccc2c1)c1ccc[nH]1. The number of carbonyl (C=O) groups excluding carboxylic acids is 1.